The number of ether oxygens (including phenoxy) is 1. The smallest absolute Gasteiger partial charge is 0.471 e. The van der Waals surface area contributed by atoms with Crippen LogP contribution in [0.5, 0.6) is 5.75 Å². The van der Waals surface area contributed by atoms with Crippen LogP contribution in [0, 0.1) is 17.2 Å². The predicted molar refractivity (Wildman–Crippen MR) is 124 cm³/mol. The van der Waals surface area contributed by atoms with Gasteiger partial charge in [0, 0.05) is 13.5 Å². The molecular formula is C24H28F3N5O5. The number of nitriles is 1. The number of nitrogens with one attached hydrogen (secondary N) is 2. The fourth-order valence-corrected chi connectivity index (χ4v) is 4.47. The number of hydrogen-bond donors (Lipinski definition) is 2. The highest BCUT2D eigenvalue weighted by molar-refractivity contribution is 6.02. The molecule has 0 saturated carbocycles. The molecule has 1 fully saturated rings. The lowest BCUT2D eigenvalue weighted by Crippen LogP contribution is -2.57. The second kappa shape index (κ2) is 10.3. The fraction of sp³-hybridized carbons (Fsp3) is 0.542. The quantitative estimate of drug-likeness (QED) is 0.585. The molecule has 1 aromatic carbocycles. The average molecular weight is 524 g/mol. The van der Waals surface area contributed by atoms with Crippen molar-refractivity contribution >= 4 is 29.3 Å². The summed E-state index contributed by atoms with van der Waals surface area (Å²) in [6.07, 6.45) is -5.17. The normalized spacial score (nSPS) is 22.4. The van der Waals surface area contributed by atoms with Crippen molar-refractivity contribution in [3.8, 4) is 11.8 Å². The summed E-state index contributed by atoms with van der Waals surface area (Å²) in [6.45, 7) is 4.39. The third-order valence-electron chi connectivity index (χ3n) is 6.38. The molecule has 3 rings (SSSR count). The molecule has 1 saturated heterocycles. The van der Waals surface area contributed by atoms with Crippen molar-refractivity contribution in [3.05, 3.63) is 24.3 Å². The number of fused-ring (bicyclic) bond motifs is 1. The number of carbonyl (C=O) groups is 4. The van der Waals surface area contributed by atoms with E-state index in [4.69, 9.17) is 4.74 Å². The molecule has 0 bridgehead atoms. The molecule has 2 aliphatic rings. The summed E-state index contributed by atoms with van der Waals surface area (Å²) in [7, 11) is 1.25. The zero-order valence-electron chi connectivity index (χ0n) is 20.8. The lowest BCUT2D eigenvalue weighted by atomic mass is 9.97. The van der Waals surface area contributed by atoms with Gasteiger partial charge in [-0.25, -0.2) is 0 Å². The molecular weight excluding hydrogens is 495 g/mol. The Morgan fingerprint density at radius 3 is 2.54 bits per heavy atom. The van der Waals surface area contributed by atoms with Crippen molar-refractivity contribution in [3.63, 3.8) is 0 Å². The van der Waals surface area contributed by atoms with E-state index in [9.17, 15) is 37.6 Å². The molecule has 4 amide bonds. The number of halogens is 3. The molecule has 1 spiro atoms. The van der Waals surface area contributed by atoms with Crippen LogP contribution in [0.3, 0.4) is 0 Å². The third-order valence-corrected chi connectivity index (χ3v) is 6.38. The first-order chi connectivity index (χ1) is 17.2. The van der Waals surface area contributed by atoms with Gasteiger partial charge in [-0.15, -0.1) is 0 Å². The SMILES string of the molecule is CC(C)CC(C(=O)N1C[C@@]2(C[C@H]1C#N)Oc1ccccc1NC2=O)N(C)C(=O)C(C)NC(=O)C(F)(F)F. The van der Waals surface area contributed by atoms with Gasteiger partial charge in [0.15, 0.2) is 0 Å². The first-order valence-electron chi connectivity index (χ1n) is 11.6. The van der Waals surface area contributed by atoms with E-state index >= 15 is 0 Å². The van der Waals surface area contributed by atoms with Crippen molar-refractivity contribution in [1.29, 1.82) is 5.26 Å². The number of para-hydroxylation sites is 2. The second-order valence-corrected chi connectivity index (χ2v) is 9.65. The third kappa shape index (κ3) is 5.63. The van der Waals surface area contributed by atoms with Crippen LogP contribution in [0.4, 0.5) is 18.9 Å². The molecule has 2 unspecified atom stereocenters. The standard InChI is InChI=1S/C24H28F3N5O5/c1-13(2)9-17(31(4)19(33)14(3)29-22(36)24(25,26)27)20(34)32-12-23(10-15(32)11-28)21(35)30-16-7-5-6-8-18(16)37-23/h5-8,13-15,17H,9-10,12H2,1-4H3,(H,29,36)(H,30,35)/t14?,15-,17?,23+/m0/s1. The molecule has 2 heterocycles. The van der Waals surface area contributed by atoms with Crippen LogP contribution in [0.25, 0.3) is 0 Å². The molecule has 2 aliphatic heterocycles. The Kier molecular flexibility index (Phi) is 7.71. The molecule has 200 valence electrons. The van der Waals surface area contributed by atoms with Gasteiger partial charge < -0.3 is 25.2 Å². The number of likely N-dealkylation sites (N-methyl/N-ethyl adjacent to an activating group) is 1. The summed E-state index contributed by atoms with van der Waals surface area (Å²) in [5, 5.41) is 14.1. The number of hydrogen-bond acceptors (Lipinski definition) is 6. The topological polar surface area (TPSA) is 132 Å². The Hall–Kier alpha value is -3.82. The molecule has 1 aromatic rings. The van der Waals surface area contributed by atoms with E-state index in [1.54, 1.807) is 43.4 Å². The zero-order valence-corrected chi connectivity index (χ0v) is 20.8. The lowest BCUT2D eigenvalue weighted by molar-refractivity contribution is -0.175. The number of rotatable bonds is 6. The minimum absolute atomic E-state index is 0.112. The number of anilines is 1. The molecule has 13 heteroatoms. The minimum atomic E-state index is -5.18. The summed E-state index contributed by atoms with van der Waals surface area (Å²) < 4.78 is 43.9. The maximum atomic E-state index is 13.7. The summed E-state index contributed by atoms with van der Waals surface area (Å²) in [4.78, 5) is 53.0. The molecule has 0 aromatic heterocycles. The van der Waals surface area contributed by atoms with Crippen LogP contribution in [-0.4, -0.2) is 76.9 Å². The van der Waals surface area contributed by atoms with Crippen LogP contribution in [0.15, 0.2) is 24.3 Å². The van der Waals surface area contributed by atoms with Gasteiger partial charge in [-0.2, -0.15) is 18.4 Å². The number of benzene rings is 1. The van der Waals surface area contributed by atoms with Crippen molar-refractivity contribution < 1.29 is 37.1 Å². The first kappa shape index (κ1) is 27.8. The molecule has 37 heavy (non-hydrogen) atoms. The number of likely N-dealkylation sites (tertiary alicyclic amines) is 1. The van der Waals surface area contributed by atoms with Crippen molar-refractivity contribution in [2.75, 3.05) is 18.9 Å². The van der Waals surface area contributed by atoms with Crippen LogP contribution in [0.1, 0.15) is 33.6 Å². The molecule has 0 radical (unpaired) electrons. The van der Waals surface area contributed by atoms with E-state index in [2.05, 4.69) is 5.32 Å². The Labute approximate surface area is 211 Å². The van der Waals surface area contributed by atoms with Gasteiger partial charge in [-0.1, -0.05) is 26.0 Å². The monoisotopic (exact) mass is 523 g/mol. The highest BCUT2D eigenvalue weighted by Crippen LogP contribution is 2.40. The van der Waals surface area contributed by atoms with E-state index in [0.29, 0.717) is 11.4 Å². The van der Waals surface area contributed by atoms with Gasteiger partial charge in [-0.3, -0.25) is 19.2 Å². The van der Waals surface area contributed by atoms with E-state index in [-0.39, 0.29) is 25.3 Å². The van der Waals surface area contributed by atoms with Gasteiger partial charge in [-0.05, 0) is 31.4 Å². The highest BCUT2D eigenvalue weighted by Gasteiger charge is 2.56. The Morgan fingerprint density at radius 2 is 1.95 bits per heavy atom. The Morgan fingerprint density at radius 1 is 1.30 bits per heavy atom. The van der Waals surface area contributed by atoms with E-state index in [1.165, 1.54) is 11.9 Å². The zero-order chi connectivity index (χ0) is 27.7. The largest absolute Gasteiger partial charge is 0.473 e. The van der Waals surface area contributed by atoms with Crippen LogP contribution in [-0.2, 0) is 19.2 Å². The molecule has 4 atom stereocenters. The van der Waals surface area contributed by atoms with Gasteiger partial charge in [0.1, 0.15) is 23.9 Å². The van der Waals surface area contributed by atoms with Gasteiger partial charge in [0.2, 0.25) is 17.4 Å². The highest BCUT2D eigenvalue weighted by atomic mass is 19.4. The van der Waals surface area contributed by atoms with Gasteiger partial charge in [0.05, 0.1) is 18.3 Å². The fourth-order valence-electron chi connectivity index (χ4n) is 4.47. The number of carbonyl (C=O) groups excluding carboxylic acids is 4. The lowest BCUT2D eigenvalue weighted by Gasteiger charge is -2.36. The summed E-state index contributed by atoms with van der Waals surface area (Å²) >= 11 is 0. The van der Waals surface area contributed by atoms with Gasteiger partial charge >= 0.3 is 12.1 Å². The molecule has 0 aliphatic carbocycles. The minimum Gasteiger partial charge on any atom is -0.473 e. The summed E-state index contributed by atoms with van der Waals surface area (Å²) in [5.74, 6) is -4.11. The van der Waals surface area contributed by atoms with Gasteiger partial charge in [0.25, 0.3) is 5.91 Å². The van der Waals surface area contributed by atoms with Crippen molar-refractivity contribution in [1.82, 2.24) is 15.1 Å². The Bertz CT molecular complexity index is 1130. The van der Waals surface area contributed by atoms with Crippen LogP contribution >= 0.6 is 0 Å². The number of alkyl halides is 3. The maximum Gasteiger partial charge on any atom is 0.471 e. The number of nitrogens with zero attached hydrogens (tertiary/aromatic N) is 3. The Balaban J connectivity index is 1.85. The first-order valence-corrected chi connectivity index (χ1v) is 11.6. The van der Waals surface area contributed by atoms with Crippen LogP contribution in [0.2, 0.25) is 0 Å². The van der Waals surface area contributed by atoms with Crippen LogP contribution < -0.4 is 15.4 Å². The average Bonchev–Trinajstić information content (AvgIpc) is 3.20. The number of amides is 4. The molecule has 2 N–H and O–H groups in total. The van der Waals surface area contributed by atoms with E-state index in [1.807, 2.05) is 6.07 Å². The van der Waals surface area contributed by atoms with Crippen molar-refractivity contribution in [2.45, 2.75) is 63.5 Å². The van der Waals surface area contributed by atoms with E-state index in [0.717, 1.165) is 11.8 Å². The van der Waals surface area contributed by atoms with Crippen molar-refractivity contribution in [2.24, 2.45) is 5.92 Å². The summed E-state index contributed by atoms with van der Waals surface area (Å²) in [5.41, 5.74) is -1.07. The molecule has 10 nitrogen and oxygen atoms in total. The second-order valence-electron chi connectivity index (χ2n) is 9.65. The maximum absolute atomic E-state index is 13.7. The summed E-state index contributed by atoms with van der Waals surface area (Å²) in [6, 6.07) is 4.95. The predicted octanol–water partition coefficient (Wildman–Crippen LogP) is 1.82. The van der Waals surface area contributed by atoms with E-state index < -0.39 is 53.5 Å².